The molecule has 0 heterocycles. The maximum Gasteiger partial charge on any atom is 0.150 e. The number of halogens is 1. The zero-order chi connectivity index (χ0) is 15.0. The molecule has 1 aliphatic carbocycles. The van der Waals surface area contributed by atoms with Crippen molar-refractivity contribution >= 4 is 17.2 Å². The van der Waals surface area contributed by atoms with E-state index < -0.39 is 6.04 Å². The Morgan fingerprint density at radius 3 is 2.64 bits per heavy atom. The summed E-state index contributed by atoms with van der Waals surface area (Å²) in [5.74, 6) is -0.460. The zero-order valence-electron chi connectivity index (χ0n) is 12.3. The SMILES string of the molecule is Cc1c(F)cc(N)c2c1CCC([N-]c1ccccc1)C2=O.[Th]. The predicted molar refractivity (Wildman–Crippen MR) is 81.4 cm³/mol. The largest absolute Gasteiger partial charge is 0.675 e. The number of para-hydroxylation sites is 1. The Morgan fingerprint density at radius 2 is 1.95 bits per heavy atom. The van der Waals surface area contributed by atoms with E-state index in [9.17, 15) is 9.18 Å². The van der Waals surface area contributed by atoms with Crippen molar-refractivity contribution in [2.24, 2.45) is 0 Å². The van der Waals surface area contributed by atoms with Crippen molar-refractivity contribution < 1.29 is 49.1 Å². The molecule has 0 bridgehead atoms. The third kappa shape index (κ3) is 3.17. The van der Waals surface area contributed by atoms with Crippen LogP contribution in [0.5, 0.6) is 0 Å². The quantitative estimate of drug-likeness (QED) is 0.617. The molecule has 3 rings (SSSR count). The summed E-state index contributed by atoms with van der Waals surface area (Å²) < 4.78 is 13.7. The van der Waals surface area contributed by atoms with E-state index in [2.05, 4.69) is 5.32 Å². The van der Waals surface area contributed by atoms with Gasteiger partial charge in [0.05, 0.1) is 0 Å². The van der Waals surface area contributed by atoms with Crippen molar-refractivity contribution in [3.8, 4) is 0 Å². The van der Waals surface area contributed by atoms with Gasteiger partial charge in [-0.25, -0.2) is 4.39 Å². The van der Waals surface area contributed by atoms with Gasteiger partial charge in [0.25, 0.3) is 0 Å². The number of nitrogen functional groups attached to an aromatic ring is 1. The van der Waals surface area contributed by atoms with Crippen molar-refractivity contribution in [1.29, 1.82) is 0 Å². The van der Waals surface area contributed by atoms with Crippen LogP contribution in [0, 0.1) is 52.7 Å². The topological polar surface area (TPSA) is 57.2 Å². The molecule has 0 spiro atoms. The van der Waals surface area contributed by atoms with Crippen LogP contribution in [0.4, 0.5) is 15.8 Å². The normalized spacial score (nSPS) is 16.6. The maximum absolute atomic E-state index is 13.7. The molecule has 1 unspecified atom stereocenters. The first kappa shape index (κ1) is 17.3. The molecule has 5 heteroatoms. The fourth-order valence-corrected chi connectivity index (χ4v) is 2.82. The zero-order valence-corrected chi connectivity index (χ0v) is 16.4. The van der Waals surface area contributed by atoms with Gasteiger partial charge in [0.2, 0.25) is 0 Å². The Hall–Kier alpha value is -1.04. The van der Waals surface area contributed by atoms with Gasteiger partial charge < -0.3 is 11.1 Å². The summed E-state index contributed by atoms with van der Waals surface area (Å²) in [6.07, 6.45) is 1.21. The van der Waals surface area contributed by atoms with Gasteiger partial charge in [-0.05, 0) is 30.5 Å². The summed E-state index contributed by atoms with van der Waals surface area (Å²) in [6, 6.07) is 10.2. The first-order chi connectivity index (χ1) is 10.1. The smallest absolute Gasteiger partial charge is 0.150 e. The Kier molecular flexibility index (Phi) is 5.53. The van der Waals surface area contributed by atoms with Gasteiger partial charge in [0, 0.05) is 51.2 Å². The minimum absolute atomic E-state index is 0. The number of rotatable bonds is 2. The van der Waals surface area contributed by atoms with Crippen LogP contribution in [-0.2, 0) is 6.42 Å². The van der Waals surface area contributed by atoms with Gasteiger partial charge in [0.1, 0.15) is 5.82 Å². The first-order valence-corrected chi connectivity index (χ1v) is 6.95. The van der Waals surface area contributed by atoms with E-state index in [1.165, 1.54) is 6.07 Å². The number of fused-ring (bicyclic) bond motifs is 1. The summed E-state index contributed by atoms with van der Waals surface area (Å²) in [5.41, 5.74) is 8.54. The molecule has 0 amide bonds. The monoisotopic (exact) mass is 515 g/mol. The summed E-state index contributed by atoms with van der Waals surface area (Å²) in [4.78, 5) is 12.6. The fourth-order valence-electron chi connectivity index (χ4n) is 2.82. The second kappa shape index (κ2) is 7.03. The van der Waals surface area contributed by atoms with E-state index in [-0.39, 0.29) is 57.2 Å². The molecule has 1 atom stereocenters. The number of ketones is 1. The second-order valence-electron chi connectivity index (χ2n) is 5.31. The molecule has 112 valence electrons. The number of carbonyl (C=O) groups excluding carboxylic acids is 1. The molecule has 0 fully saturated rings. The molecule has 0 radical (unpaired) electrons. The van der Waals surface area contributed by atoms with Gasteiger partial charge >= 0.3 is 0 Å². The third-order valence-corrected chi connectivity index (χ3v) is 3.96. The number of benzene rings is 2. The minimum atomic E-state index is -0.438. The Balaban J connectivity index is 0.00000176. The van der Waals surface area contributed by atoms with Crippen LogP contribution < -0.4 is 5.73 Å². The summed E-state index contributed by atoms with van der Waals surface area (Å²) in [5, 5.41) is 4.49. The molecule has 0 saturated carbocycles. The van der Waals surface area contributed by atoms with Gasteiger partial charge in [-0.2, -0.15) is 0 Å². The fraction of sp³-hybridized carbons (Fsp3) is 0.235. The van der Waals surface area contributed by atoms with Crippen LogP contribution in [0.25, 0.3) is 5.32 Å². The van der Waals surface area contributed by atoms with E-state index >= 15 is 0 Å². The molecule has 2 aromatic rings. The molecule has 0 aliphatic heterocycles. The van der Waals surface area contributed by atoms with E-state index in [1.807, 2.05) is 30.3 Å². The van der Waals surface area contributed by atoms with Crippen molar-refractivity contribution in [2.75, 3.05) is 5.73 Å². The van der Waals surface area contributed by atoms with Crippen molar-refractivity contribution in [1.82, 2.24) is 0 Å². The average Bonchev–Trinajstić information content (AvgIpc) is 2.48. The van der Waals surface area contributed by atoms with Crippen molar-refractivity contribution in [3.63, 3.8) is 0 Å². The molecule has 0 aromatic heterocycles. The number of Topliss-reactive ketones (excluding diaryl/α,β-unsaturated/α-hetero) is 1. The van der Waals surface area contributed by atoms with Crippen molar-refractivity contribution in [2.45, 2.75) is 25.8 Å². The van der Waals surface area contributed by atoms with Gasteiger partial charge in [-0.1, -0.05) is 42.8 Å². The van der Waals surface area contributed by atoms with Gasteiger partial charge in [-0.3, -0.25) is 4.79 Å². The predicted octanol–water partition coefficient (Wildman–Crippen LogP) is 3.92. The number of hydrogen-bond donors (Lipinski definition) is 1. The van der Waals surface area contributed by atoms with Crippen LogP contribution in [0.15, 0.2) is 36.4 Å². The van der Waals surface area contributed by atoms with Crippen LogP contribution in [0.3, 0.4) is 0 Å². The van der Waals surface area contributed by atoms with E-state index in [1.54, 1.807) is 6.92 Å². The van der Waals surface area contributed by atoms with E-state index in [0.29, 0.717) is 24.0 Å². The molecule has 22 heavy (non-hydrogen) atoms. The Bertz CT molecular complexity index is 704. The number of anilines is 1. The number of hydrogen-bond acceptors (Lipinski definition) is 2. The molecule has 1 aliphatic rings. The maximum atomic E-state index is 13.7. The summed E-state index contributed by atoms with van der Waals surface area (Å²) >= 11 is 0. The minimum Gasteiger partial charge on any atom is -0.675 e. The second-order valence-corrected chi connectivity index (χ2v) is 5.31. The van der Waals surface area contributed by atoms with E-state index in [0.717, 1.165) is 11.3 Å². The summed E-state index contributed by atoms with van der Waals surface area (Å²) in [6.45, 7) is 1.69. The molecule has 0 saturated heterocycles. The molecule has 2 aromatic carbocycles. The van der Waals surface area contributed by atoms with E-state index in [4.69, 9.17) is 5.73 Å². The Morgan fingerprint density at radius 1 is 1.27 bits per heavy atom. The molecular formula is C17H16FN2OTh-. The van der Waals surface area contributed by atoms with Crippen molar-refractivity contribution in [3.05, 3.63) is 64.2 Å². The molecule has 2 N–H and O–H groups in total. The standard InChI is InChI=1S/C17H16FN2O.Th/c1-10-12-7-8-15(20-11-5-3-2-4-6-11)17(21)16(12)14(19)9-13(10)18;/h2-6,9,15H,7-8H2,1H3,(H2,19,21);/q-1;. The van der Waals surface area contributed by atoms with Crippen LogP contribution in [0.1, 0.15) is 27.9 Å². The number of carbonyl (C=O) groups is 1. The average molecular weight is 515 g/mol. The summed E-state index contributed by atoms with van der Waals surface area (Å²) in [7, 11) is 0. The van der Waals surface area contributed by atoms with Crippen LogP contribution in [-0.4, -0.2) is 11.8 Å². The third-order valence-electron chi connectivity index (χ3n) is 3.96. The van der Waals surface area contributed by atoms with Gasteiger partial charge in [0.15, 0.2) is 5.78 Å². The Labute approximate surface area is 161 Å². The number of nitrogens with two attached hydrogens (primary N) is 1. The first-order valence-electron chi connectivity index (χ1n) is 6.95. The number of nitrogens with zero attached hydrogens (tertiary/aromatic N) is 1. The molecule has 3 nitrogen and oxygen atoms in total. The van der Waals surface area contributed by atoms with Crippen LogP contribution in [0.2, 0.25) is 0 Å². The van der Waals surface area contributed by atoms with Gasteiger partial charge in [-0.15, -0.1) is 5.69 Å². The van der Waals surface area contributed by atoms with Crippen LogP contribution >= 0.6 is 0 Å². The molecular weight excluding hydrogens is 499 g/mol.